The van der Waals surface area contributed by atoms with Crippen LogP contribution in [0.4, 0.5) is 0 Å². The van der Waals surface area contributed by atoms with Crippen molar-refractivity contribution in [3.05, 3.63) is 70.9 Å². The van der Waals surface area contributed by atoms with Crippen molar-refractivity contribution < 1.29 is 20.4 Å². The van der Waals surface area contributed by atoms with E-state index in [9.17, 15) is 20.4 Å². The van der Waals surface area contributed by atoms with Crippen molar-refractivity contribution in [1.29, 1.82) is 0 Å². The number of aliphatic hydroxyl groups excluding tert-OH is 4. The predicted octanol–water partition coefficient (Wildman–Crippen LogP) is 11.6. The van der Waals surface area contributed by atoms with E-state index in [-0.39, 0.29) is 0 Å². The first-order valence-electron chi connectivity index (χ1n) is 22.3. The Labute approximate surface area is 331 Å². The van der Waals surface area contributed by atoms with Gasteiger partial charge in [0.15, 0.2) is 0 Å². The SMILES string of the molecule is C=C1[C@H](O)CC(=C/C=C2\CCC[C@@]3(C)C2CC[C@@H]3[C@@H](C)CC(C)C)C[C@H]1O.C=C1[C@H](O)CC(=C/C=C2\CCC[C@@]3(C)C2CC[C@@H]3[C@H](C)CC(C)C)C[C@H]1O. The van der Waals surface area contributed by atoms with Crippen LogP contribution in [-0.4, -0.2) is 44.8 Å². The third-order valence-electron chi connectivity index (χ3n) is 15.7. The molecule has 0 spiro atoms. The second kappa shape index (κ2) is 18.3. The van der Waals surface area contributed by atoms with Gasteiger partial charge in [-0.25, -0.2) is 0 Å². The van der Waals surface area contributed by atoms with E-state index in [1.807, 2.05) is 0 Å². The summed E-state index contributed by atoms with van der Waals surface area (Å²) in [6.45, 7) is 27.1. The fourth-order valence-electron chi connectivity index (χ4n) is 13.1. The van der Waals surface area contributed by atoms with Crippen LogP contribution in [0.1, 0.15) is 158 Å². The molecule has 6 fully saturated rings. The first-order chi connectivity index (χ1) is 25.4. The molecule has 0 amide bonds. The van der Waals surface area contributed by atoms with E-state index in [4.69, 9.17) is 0 Å². The molecule has 0 aromatic heterocycles. The van der Waals surface area contributed by atoms with Gasteiger partial charge in [-0.2, -0.15) is 0 Å². The molecule has 0 saturated heterocycles. The van der Waals surface area contributed by atoms with Gasteiger partial charge in [-0.3, -0.25) is 0 Å². The molecule has 6 saturated carbocycles. The van der Waals surface area contributed by atoms with Crippen LogP contribution < -0.4 is 0 Å². The monoisotopic (exact) mass is 745 g/mol. The van der Waals surface area contributed by atoms with Crippen molar-refractivity contribution in [1.82, 2.24) is 0 Å². The maximum atomic E-state index is 10.1. The Bertz CT molecular complexity index is 1300. The second-order valence-corrected chi connectivity index (χ2v) is 20.6. The Hall–Kier alpha value is -1.72. The van der Waals surface area contributed by atoms with Gasteiger partial charge in [-0.1, -0.05) is 115 Å². The Balaban J connectivity index is 0.000000208. The van der Waals surface area contributed by atoms with Gasteiger partial charge >= 0.3 is 0 Å². The standard InChI is InChI=1S/2C25H40O2/c2*1-16(2)13-17(3)21-10-11-22-20(7-6-12-25(21,22)5)9-8-19-14-23(26)18(4)24(27)15-19/h2*8-9,16-17,21-24,26-27H,4,6-7,10-15H2,1-3,5H3/b2*20-9+/t17-,21+,22?,23+,24+,25+;17-,21-,22?,23-,24-,25-/m01/s1. The number of fused-ring (bicyclic) bond motifs is 2. The summed E-state index contributed by atoms with van der Waals surface area (Å²) in [5.41, 5.74) is 7.60. The number of aliphatic hydroxyl groups is 4. The minimum Gasteiger partial charge on any atom is -0.388 e. The highest BCUT2D eigenvalue weighted by molar-refractivity contribution is 5.31. The maximum absolute atomic E-state index is 10.1. The third-order valence-corrected chi connectivity index (χ3v) is 15.7. The molecule has 6 aliphatic rings. The first kappa shape index (κ1) is 43.4. The van der Waals surface area contributed by atoms with Crippen LogP contribution in [0.15, 0.2) is 70.9 Å². The molecule has 54 heavy (non-hydrogen) atoms. The van der Waals surface area contributed by atoms with Gasteiger partial charge in [0.05, 0.1) is 24.4 Å². The van der Waals surface area contributed by atoms with Gasteiger partial charge in [0.25, 0.3) is 0 Å². The van der Waals surface area contributed by atoms with Crippen LogP contribution in [0, 0.1) is 58.2 Å². The maximum Gasteiger partial charge on any atom is 0.0809 e. The second-order valence-electron chi connectivity index (χ2n) is 20.6. The van der Waals surface area contributed by atoms with Crippen LogP contribution in [0.5, 0.6) is 0 Å². The molecule has 0 bridgehead atoms. The van der Waals surface area contributed by atoms with Crippen LogP contribution in [0.25, 0.3) is 0 Å². The van der Waals surface area contributed by atoms with E-state index in [0.29, 0.717) is 47.7 Å². The van der Waals surface area contributed by atoms with Crippen LogP contribution >= 0.6 is 0 Å². The molecule has 0 aromatic rings. The number of allylic oxidation sites excluding steroid dienone is 6. The Morgan fingerprint density at radius 2 is 0.889 bits per heavy atom. The lowest BCUT2D eigenvalue weighted by molar-refractivity contribution is 0.0892. The smallest absolute Gasteiger partial charge is 0.0809 e. The summed E-state index contributed by atoms with van der Waals surface area (Å²) in [5, 5.41) is 40.4. The van der Waals surface area contributed by atoms with Crippen molar-refractivity contribution in [3.8, 4) is 0 Å². The summed E-state index contributed by atoms with van der Waals surface area (Å²) in [5.74, 6) is 6.33. The highest BCUT2D eigenvalue weighted by atomic mass is 16.3. The molecular weight excluding hydrogens is 665 g/mol. The molecule has 2 unspecified atom stereocenters. The van der Waals surface area contributed by atoms with E-state index in [2.05, 4.69) is 92.9 Å². The summed E-state index contributed by atoms with van der Waals surface area (Å²) in [6, 6.07) is 0. The molecule has 4 heteroatoms. The average molecular weight is 745 g/mol. The third kappa shape index (κ3) is 9.69. The Morgan fingerprint density at radius 3 is 1.20 bits per heavy atom. The number of hydrogen-bond donors (Lipinski definition) is 4. The normalized spacial score (nSPS) is 39.7. The van der Waals surface area contributed by atoms with E-state index >= 15 is 0 Å². The molecule has 6 rings (SSSR count). The number of hydrogen-bond acceptors (Lipinski definition) is 4. The van der Waals surface area contributed by atoms with Crippen molar-refractivity contribution >= 4 is 0 Å². The fourth-order valence-corrected chi connectivity index (χ4v) is 13.1. The van der Waals surface area contributed by atoms with E-state index < -0.39 is 24.4 Å². The zero-order valence-electron chi connectivity index (χ0n) is 35.8. The summed E-state index contributed by atoms with van der Waals surface area (Å²) in [4.78, 5) is 0. The first-order valence-corrected chi connectivity index (χ1v) is 22.3. The van der Waals surface area contributed by atoms with Gasteiger partial charge in [0.2, 0.25) is 0 Å². The molecule has 0 aromatic carbocycles. The summed E-state index contributed by atoms with van der Waals surface area (Å²) in [6.07, 6.45) is 25.1. The lowest BCUT2D eigenvalue weighted by Crippen LogP contribution is -2.36. The average Bonchev–Trinajstić information content (AvgIpc) is 3.64. The molecule has 12 atom stereocenters. The Kier molecular flexibility index (Phi) is 14.7. The molecule has 0 radical (unpaired) electrons. The van der Waals surface area contributed by atoms with E-state index in [0.717, 1.165) is 58.5 Å². The molecule has 4 N–H and O–H groups in total. The zero-order chi connectivity index (χ0) is 39.5. The fraction of sp³-hybridized carbons (Fsp3) is 0.760. The van der Waals surface area contributed by atoms with Crippen molar-refractivity contribution in [3.63, 3.8) is 0 Å². The van der Waals surface area contributed by atoms with Crippen molar-refractivity contribution in [2.45, 2.75) is 183 Å². The molecule has 6 aliphatic carbocycles. The summed E-state index contributed by atoms with van der Waals surface area (Å²) < 4.78 is 0. The van der Waals surface area contributed by atoms with Gasteiger partial charge in [0.1, 0.15) is 0 Å². The summed E-state index contributed by atoms with van der Waals surface area (Å²) >= 11 is 0. The van der Waals surface area contributed by atoms with Gasteiger partial charge in [0, 0.05) is 0 Å². The predicted molar refractivity (Wildman–Crippen MR) is 227 cm³/mol. The van der Waals surface area contributed by atoms with Gasteiger partial charge < -0.3 is 20.4 Å². The van der Waals surface area contributed by atoms with E-state index in [1.54, 1.807) is 11.1 Å². The molecule has 0 aliphatic heterocycles. The minimum atomic E-state index is -0.595. The quantitative estimate of drug-likeness (QED) is 0.187. The van der Waals surface area contributed by atoms with E-state index in [1.165, 1.54) is 77.0 Å². The lowest BCUT2D eigenvalue weighted by atomic mass is 9.60. The molecule has 304 valence electrons. The summed E-state index contributed by atoms with van der Waals surface area (Å²) in [7, 11) is 0. The highest BCUT2D eigenvalue weighted by Crippen LogP contribution is 2.61. The van der Waals surface area contributed by atoms with Crippen LogP contribution in [0.3, 0.4) is 0 Å². The van der Waals surface area contributed by atoms with Crippen molar-refractivity contribution in [2.75, 3.05) is 0 Å². The van der Waals surface area contributed by atoms with Crippen molar-refractivity contribution in [2.24, 2.45) is 58.2 Å². The van der Waals surface area contributed by atoms with Gasteiger partial charge in [-0.15, -0.1) is 0 Å². The number of rotatable bonds is 8. The van der Waals surface area contributed by atoms with Crippen LogP contribution in [0.2, 0.25) is 0 Å². The zero-order valence-corrected chi connectivity index (χ0v) is 35.8. The van der Waals surface area contributed by atoms with Crippen LogP contribution in [-0.2, 0) is 0 Å². The highest BCUT2D eigenvalue weighted by Gasteiger charge is 2.51. The lowest BCUT2D eigenvalue weighted by Gasteiger charge is -2.44. The molecular formula is C50H80O4. The minimum absolute atomic E-state index is 0.455. The molecule has 4 nitrogen and oxygen atoms in total. The topological polar surface area (TPSA) is 80.9 Å². The largest absolute Gasteiger partial charge is 0.388 e. The Morgan fingerprint density at radius 1 is 0.556 bits per heavy atom. The van der Waals surface area contributed by atoms with Gasteiger partial charge in [-0.05, 0) is 172 Å². The molecule has 0 heterocycles.